The smallest absolute Gasteiger partial charge is 0.394 e. The third kappa shape index (κ3) is 3.31. The summed E-state index contributed by atoms with van der Waals surface area (Å²) in [7, 11) is 0. The molecule has 1 aromatic rings. The molecule has 0 spiro atoms. The van der Waals surface area contributed by atoms with Crippen LogP contribution in [-0.4, -0.2) is 30.5 Å². The van der Waals surface area contributed by atoms with Crippen LogP contribution in [0, 0.1) is 6.92 Å². The highest BCUT2D eigenvalue weighted by atomic mass is 19.4. The maximum atomic E-state index is 12.6. The van der Waals surface area contributed by atoms with Gasteiger partial charge in [0, 0.05) is 13.2 Å². The molecule has 1 saturated heterocycles. The largest absolute Gasteiger partial charge is 0.416 e. The lowest BCUT2D eigenvalue weighted by atomic mass is 9.98. The Kier molecular flexibility index (Phi) is 4.36. The summed E-state index contributed by atoms with van der Waals surface area (Å²) < 4.78 is 43.0. The first kappa shape index (κ1) is 15.3. The molecule has 0 aliphatic carbocycles. The number of aliphatic hydroxyl groups excluding tert-OH is 1. The van der Waals surface area contributed by atoms with Crippen LogP contribution in [0.2, 0.25) is 0 Å². The maximum Gasteiger partial charge on any atom is 0.416 e. The molecular formula is C14H18F3NO2. The van der Waals surface area contributed by atoms with E-state index >= 15 is 0 Å². The number of ether oxygens (including phenoxy) is 1. The Bertz CT molecular complexity index is 468. The van der Waals surface area contributed by atoms with Gasteiger partial charge in [-0.05, 0) is 36.6 Å². The van der Waals surface area contributed by atoms with Crippen molar-refractivity contribution in [3.8, 4) is 0 Å². The number of alkyl halides is 3. The van der Waals surface area contributed by atoms with Gasteiger partial charge >= 0.3 is 6.18 Å². The van der Waals surface area contributed by atoms with Gasteiger partial charge in [0.05, 0.1) is 24.3 Å². The number of benzene rings is 1. The first-order valence-electron chi connectivity index (χ1n) is 6.47. The summed E-state index contributed by atoms with van der Waals surface area (Å²) in [5.74, 6) is 0. The summed E-state index contributed by atoms with van der Waals surface area (Å²) in [6.45, 7) is 3.02. The van der Waals surface area contributed by atoms with Crippen molar-refractivity contribution in [2.24, 2.45) is 0 Å². The van der Waals surface area contributed by atoms with Crippen LogP contribution < -0.4 is 5.32 Å². The van der Waals surface area contributed by atoms with Crippen LogP contribution in [-0.2, 0) is 17.5 Å². The molecule has 1 atom stereocenters. The van der Waals surface area contributed by atoms with Gasteiger partial charge in [0.25, 0.3) is 0 Å². The molecule has 0 radical (unpaired) electrons. The van der Waals surface area contributed by atoms with Gasteiger partial charge in [-0.2, -0.15) is 13.2 Å². The normalized spacial score (nSPS) is 23.2. The van der Waals surface area contributed by atoms with Crippen molar-refractivity contribution >= 4 is 0 Å². The Labute approximate surface area is 115 Å². The Morgan fingerprint density at radius 1 is 1.40 bits per heavy atom. The summed E-state index contributed by atoms with van der Waals surface area (Å²) in [6.07, 6.45) is -3.62. The zero-order valence-electron chi connectivity index (χ0n) is 11.3. The van der Waals surface area contributed by atoms with Gasteiger partial charge in [-0.1, -0.05) is 6.07 Å². The predicted molar refractivity (Wildman–Crippen MR) is 68.3 cm³/mol. The number of aliphatic hydroxyl groups is 1. The van der Waals surface area contributed by atoms with E-state index in [0.29, 0.717) is 31.7 Å². The van der Waals surface area contributed by atoms with E-state index in [9.17, 15) is 18.3 Å². The molecule has 112 valence electrons. The predicted octanol–water partition coefficient (Wildman–Crippen LogP) is 2.25. The molecule has 0 aromatic heterocycles. The summed E-state index contributed by atoms with van der Waals surface area (Å²) in [4.78, 5) is 0. The molecule has 0 bridgehead atoms. The molecule has 1 fully saturated rings. The maximum absolute atomic E-state index is 12.6. The zero-order valence-corrected chi connectivity index (χ0v) is 11.3. The number of nitrogens with one attached hydrogen (secondary N) is 1. The van der Waals surface area contributed by atoms with Crippen molar-refractivity contribution in [2.75, 3.05) is 19.8 Å². The average Bonchev–Trinajstić information content (AvgIpc) is 2.85. The fourth-order valence-electron chi connectivity index (χ4n) is 2.28. The van der Waals surface area contributed by atoms with Crippen LogP contribution >= 0.6 is 0 Å². The molecule has 1 aliphatic rings. The molecule has 1 aliphatic heterocycles. The van der Waals surface area contributed by atoms with Gasteiger partial charge < -0.3 is 15.2 Å². The second kappa shape index (κ2) is 5.71. The summed E-state index contributed by atoms with van der Waals surface area (Å²) in [5.41, 5.74) is 0.256. The lowest BCUT2D eigenvalue weighted by Gasteiger charge is -2.27. The number of aryl methyl sites for hydroxylation is 1. The first-order valence-corrected chi connectivity index (χ1v) is 6.47. The van der Waals surface area contributed by atoms with Crippen LogP contribution in [0.4, 0.5) is 13.2 Å². The van der Waals surface area contributed by atoms with Gasteiger partial charge in [0.2, 0.25) is 0 Å². The molecular weight excluding hydrogens is 271 g/mol. The molecule has 1 aromatic carbocycles. The van der Waals surface area contributed by atoms with E-state index in [0.717, 1.165) is 17.7 Å². The Morgan fingerprint density at radius 2 is 2.15 bits per heavy atom. The third-order valence-electron chi connectivity index (χ3n) is 3.73. The molecule has 20 heavy (non-hydrogen) atoms. The lowest BCUT2D eigenvalue weighted by molar-refractivity contribution is -0.137. The van der Waals surface area contributed by atoms with Crippen molar-refractivity contribution in [1.29, 1.82) is 0 Å². The van der Waals surface area contributed by atoms with Crippen molar-refractivity contribution in [1.82, 2.24) is 5.32 Å². The molecule has 2 N–H and O–H groups in total. The summed E-state index contributed by atoms with van der Waals surface area (Å²) in [5, 5.41) is 12.6. The van der Waals surface area contributed by atoms with Gasteiger partial charge in [-0.3, -0.25) is 0 Å². The van der Waals surface area contributed by atoms with E-state index < -0.39 is 17.3 Å². The lowest BCUT2D eigenvalue weighted by Crippen LogP contribution is -2.48. The van der Waals surface area contributed by atoms with Crippen LogP contribution in [0.5, 0.6) is 0 Å². The van der Waals surface area contributed by atoms with E-state index in [4.69, 9.17) is 4.74 Å². The Balaban J connectivity index is 2.07. The van der Waals surface area contributed by atoms with E-state index in [1.165, 1.54) is 6.07 Å². The van der Waals surface area contributed by atoms with Gasteiger partial charge in [-0.25, -0.2) is 0 Å². The highest BCUT2D eigenvalue weighted by Gasteiger charge is 2.34. The van der Waals surface area contributed by atoms with Crippen LogP contribution in [0.15, 0.2) is 18.2 Å². The van der Waals surface area contributed by atoms with E-state index in [1.807, 2.05) is 0 Å². The minimum absolute atomic E-state index is 0.0489. The second-order valence-electron chi connectivity index (χ2n) is 5.23. The summed E-state index contributed by atoms with van der Waals surface area (Å²) in [6, 6.07) is 3.71. The first-order chi connectivity index (χ1) is 9.36. The average molecular weight is 289 g/mol. The van der Waals surface area contributed by atoms with E-state index in [1.54, 1.807) is 6.92 Å². The molecule has 2 rings (SSSR count). The van der Waals surface area contributed by atoms with E-state index in [2.05, 4.69) is 5.32 Å². The van der Waals surface area contributed by atoms with Crippen LogP contribution in [0.3, 0.4) is 0 Å². The Morgan fingerprint density at radius 3 is 2.65 bits per heavy atom. The molecule has 0 amide bonds. The van der Waals surface area contributed by atoms with Crippen LogP contribution in [0.25, 0.3) is 0 Å². The number of hydrogen-bond acceptors (Lipinski definition) is 3. The number of halogens is 3. The molecule has 0 unspecified atom stereocenters. The Hall–Kier alpha value is -1.11. The quantitative estimate of drug-likeness (QED) is 0.893. The van der Waals surface area contributed by atoms with Crippen molar-refractivity contribution < 1.29 is 23.0 Å². The molecule has 0 saturated carbocycles. The molecule has 1 heterocycles. The van der Waals surface area contributed by atoms with Crippen molar-refractivity contribution in [3.05, 3.63) is 34.9 Å². The minimum atomic E-state index is -4.32. The van der Waals surface area contributed by atoms with E-state index in [-0.39, 0.29) is 6.61 Å². The van der Waals surface area contributed by atoms with Gasteiger partial charge in [0.15, 0.2) is 0 Å². The minimum Gasteiger partial charge on any atom is -0.394 e. The number of hydrogen-bond donors (Lipinski definition) is 2. The standard InChI is InChI=1S/C14H18F3NO2/c1-10-6-12(14(15,16)17)3-2-11(10)7-18-13(8-19)4-5-20-9-13/h2-3,6,18-19H,4-5,7-9H2,1H3/t13-/m1/s1. The molecule has 3 nitrogen and oxygen atoms in total. The topological polar surface area (TPSA) is 41.5 Å². The van der Waals surface area contributed by atoms with Gasteiger partial charge in [-0.15, -0.1) is 0 Å². The fraction of sp³-hybridized carbons (Fsp3) is 0.571. The zero-order chi connectivity index (χ0) is 14.8. The highest BCUT2D eigenvalue weighted by Crippen LogP contribution is 2.30. The molecule has 6 heteroatoms. The SMILES string of the molecule is Cc1cc(C(F)(F)F)ccc1CN[C@@]1(CO)CCOC1. The van der Waals surface area contributed by atoms with Crippen molar-refractivity contribution in [3.63, 3.8) is 0 Å². The van der Waals surface area contributed by atoms with Crippen LogP contribution in [0.1, 0.15) is 23.1 Å². The monoisotopic (exact) mass is 289 g/mol. The van der Waals surface area contributed by atoms with Crippen molar-refractivity contribution in [2.45, 2.75) is 31.6 Å². The second-order valence-corrected chi connectivity index (χ2v) is 5.23. The highest BCUT2D eigenvalue weighted by molar-refractivity contribution is 5.32. The third-order valence-corrected chi connectivity index (χ3v) is 3.73. The van der Waals surface area contributed by atoms with Gasteiger partial charge in [0.1, 0.15) is 0 Å². The fourth-order valence-corrected chi connectivity index (χ4v) is 2.28. The summed E-state index contributed by atoms with van der Waals surface area (Å²) >= 11 is 0. The number of rotatable bonds is 4.